The van der Waals surface area contributed by atoms with E-state index in [4.69, 9.17) is 52.1 Å². The van der Waals surface area contributed by atoms with Crippen molar-refractivity contribution in [2.24, 2.45) is 0 Å². The summed E-state index contributed by atoms with van der Waals surface area (Å²) in [6.45, 7) is 15.4. The number of carbonyl (C=O) groups is 1. The lowest BCUT2D eigenvalue weighted by molar-refractivity contribution is -0.145. The quantitative estimate of drug-likeness (QED) is 0.0509. The molecule has 0 heterocycles. The van der Waals surface area contributed by atoms with E-state index in [1.54, 1.807) is 0 Å². The summed E-state index contributed by atoms with van der Waals surface area (Å²) in [5.41, 5.74) is 0. The van der Waals surface area contributed by atoms with Crippen molar-refractivity contribution >= 4 is 5.97 Å². The van der Waals surface area contributed by atoms with Gasteiger partial charge in [0, 0.05) is 6.42 Å². The van der Waals surface area contributed by atoms with Crippen LogP contribution in [0.5, 0.6) is 0 Å². The van der Waals surface area contributed by atoms with Gasteiger partial charge < -0.3 is 52.1 Å². The minimum absolute atomic E-state index is 0.136. The topological polar surface area (TPSA) is 119 Å². The second-order valence-corrected chi connectivity index (χ2v) is 10.3. The van der Waals surface area contributed by atoms with Gasteiger partial charge in [-0.05, 0) is 6.42 Å². The molecule has 0 aliphatic carbocycles. The first-order chi connectivity index (χ1) is 22.8. The Morgan fingerprint density at radius 3 is 1.02 bits per heavy atom. The third kappa shape index (κ3) is 40.7. The van der Waals surface area contributed by atoms with E-state index in [0.29, 0.717) is 132 Å². The Hall–Kier alpha value is -1.35. The van der Waals surface area contributed by atoms with Crippen LogP contribution in [0.25, 0.3) is 0 Å². The summed E-state index contributed by atoms with van der Waals surface area (Å²) < 4.78 is 59.1. The summed E-state index contributed by atoms with van der Waals surface area (Å²) in [6, 6.07) is 0. The molecule has 0 saturated heterocycles. The highest BCUT2D eigenvalue weighted by molar-refractivity contribution is 5.69. The molecule has 12 nitrogen and oxygen atoms in total. The van der Waals surface area contributed by atoms with Crippen molar-refractivity contribution in [1.29, 1.82) is 0 Å². The van der Waals surface area contributed by atoms with Crippen LogP contribution in [0.1, 0.15) is 71.1 Å². The van der Waals surface area contributed by atoms with Gasteiger partial charge >= 0.3 is 5.97 Å². The van der Waals surface area contributed by atoms with Crippen LogP contribution in [-0.2, 0) is 56.9 Å². The molecule has 0 amide bonds. The number of carbonyl (C=O) groups excluding carboxylic acids is 1. The minimum atomic E-state index is -0.136. The first-order valence-corrected chi connectivity index (χ1v) is 17.4. The van der Waals surface area contributed by atoms with Gasteiger partial charge in [0.05, 0.1) is 125 Å². The van der Waals surface area contributed by atoms with Crippen molar-refractivity contribution in [3.05, 3.63) is 12.8 Å². The summed E-state index contributed by atoms with van der Waals surface area (Å²) in [7, 11) is 0. The summed E-state index contributed by atoms with van der Waals surface area (Å²) in [5.74, 6) is -0.136. The SMILES string of the molecule is C=COCCOCCOCCOCCOCCOCCOCCOCCOCCOCCOC(=O)CCCCCCCCCCC. The molecule has 0 aliphatic rings. The average Bonchev–Trinajstić information content (AvgIpc) is 3.06. The van der Waals surface area contributed by atoms with Gasteiger partial charge in [-0.3, -0.25) is 4.79 Å². The first kappa shape index (κ1) is 44.6. The predicted molar refractivity (Wildman–Crippen MR) is 176 cm³/mol. The molecule has 274 valence electrons. The Kier molecular flexibility index (Phi) is 40.4. The molecule has 0 bridgehead atoms. The normalized spacial score (nSPS) is 11.2. The molecular formula is C34H66O12. The van der Waals surface area contributed by atoms with Crippen molar-refractivity contribution in [3.8, 4) is 0 Å². The first-order valence-electron chi connectivity index (χ1n) is 17.4. The van der Waals surface area contributed by atoms with Gasteiger partial charge in [-0.25, -0.2) is 0 Å². The zero-order valence-corrected chi connectivity index (χ0v) is 28.9. The summed E-state index contributed by atoms with van der Waals surface area (Å²) in [6.07, 6.45) is 13.0. The Bertz CT molecular complexity index is 596. The molecular weight excluding hydrogens is 600 g/mol. The van der Waals surface area contributed by atoms with Gasteiger partial charge in [0.15, 0.2) is 0 Å². The molecule has 0 radical (unpaired) electrons. The fourth-order valence-electron chi connectivity index (χ4n) is 3.92. The zero-order valence-electron chi connectivity index (χ0n) is 28.9. The Morgan fingerprint density at radius 2 is 0.696 bits per heavy atom. The van der Waals surface area contributed by atoms with Gasteiger partial charge in [-0.15, -0.1) is 0 Å². The number of hydrogen-bond donors (Lipinski definition) is 0. The Morgan fingerprint density at radius 1 is 0.413 bits per heavy atom. The monoisotopic (exact) mass is 666 g/mol. The van der Waals surface area contributed by atoms with Crippen LogP contribution in [0.15, 0.2) is 12.8 Å². The third-order valence-electron chi connectivity index (χ3n) is 6.41. The van der Waals surface area contributed by atoms with Crippen LogP contribution in [0.3, 0.4) is 0 Å². The molecule has 0 spiro atoms. The van der Waals surface area contributed by atoms with E-state index in [0.717, 1.165) is 12.8 Å². The number of rotatable bonds is 41. The van der Waals surface area contributed by atoms with Crippen molar-refractivity contribution in [2.75, 3.05) is 132 Å². The predicted octanol–water partition coefficient (Wildman–Crippen LogP) is 4.76. The molecule has 0 aromatic rings. The number of ether oxygens (including phenoxy) is 11. The largest absolute Gasteiger partial charge is 0.499 e. The highest BCUT2D eigenvalue weighted by atomic mass is 16.6. The van der Waals surface area contributed by atoms with Crippen LogP contribution in [-0.4, -0.2) is 138 Å². The highest BCUT2D eigenvalue weighted by Gasteiger charge is 2.03. The smallest absolute Gasteiger partial charge is 0.305 e. The molecule has 46 heavy (non-hydrogen) atoms. The van der Waals surface area contributed by atoms with E-state index in [1.165, 1.54) is 51.2 Å². The van der Waals surface area contributed by atoms with E-state index in [9.17, 15) is 4.79 Å². The van der Waals surface area contributed by atoms with Gasteiger partial charge in [0.25, 0.3) is 0 Å². The Balaban J connectivity index is 3.11. The molecule has 0 aromatic carbocycles. The summed E-state index contributed by atoms with van der Waals surface area (Å²) >= 11 is 0. The van der Waals surface area contributed by atoms with Gasteiger partial charge in [0.2, 0.25) is 0 Å². The minimum Gasteiger partial charge on any atom is -0.499 e. The van der Waals surface area contributed by atoms with Gasteiger partial charge in [-0.2, -0.15) is 0 Å². The lowest BCUT2D eigenvalue weighted by Crippen LogP contribution is -2.15. The zero-order chi connectivity index (χ0) is 33.3. The van der Waals surface area contributed by atoms with E-state index < -0.39 is 0 Å². The van der Waals surface area contributed by atoms with Crippen molar-refractivity contribution in [3.63, 3.8) is 0 Å². The van der Waals surface area contributed by atoms with Crippen LogP contribution in [0.2, 0.25) is 0 Å². The molecule has 0 fully saturated rings. The van der Waals surface area contributed by atoms with E-state index in [1.807, 2.05) is 0 Å². The molecule has 0 saturated carbocycles. The maximum Gasteiger partial charge on any atom is 0.305 e. The molecule has 0 atom stereocenters. The molecule has 0 unspecified atom stereocenters. The molecule has 12 heteroatoms. The number of hydrogen-bond acceptors (Lipinski definition) is 12. The molecule has 0 rings (SSSR count). The molecule has 0 aliphatic heterocycles. The lowest BCUT2D eigenvalue weighted by atomic mass is 10.1. The van der Waals surface area contributed by atoms with Crippen LogP contribution in [0.4, 0.5) is 0 Å². The maximum absolute atomic E-state index is 11.8. The highest BCUT2D eigenvalue weighted by Crippen LogP contribution is 2.10. The summed E-state index contributed by atoms with van der Waals surface area (Å²) in [4.78, 5) is 11.8. The number of unbranched alkanes of at least 4 members (excludes halogenated alkanes) is 8. The fourth-order valence-corrected chi connectivity index (χ4v) is 3.92. The molecule has 0 aromatic heterocycles. The van der Waals surface area contributed by atoms with Crippen molar-refractivity contribution in [1.82, 2.24) is 0 Å². The maximum atomic E-state index is 11.8. The van der Waals surface area contributed by atoms with Crippen LogP contribution < -0.4 is 0 Å². The fraction of sp³-hybridized carbons (Fsp3) is 0.912. The van der Waals surface area contributed by atoms with E-state index in [-0.39, 0.29) is 12.6 Å². The second-order valence-electron chi connectivity index (χ2n) is 10.3. The van der Waals surface area contributed by atoms with E-state index in [2.05, 4.69) is 13.5 Å². The Labute approximate surface area is 279 Å². The van der Waals surface area contributed by atoms with Crippen LogP contribution in [0, 0.1) is 0 Å². The van der Waals surface area contributed by atoms with Crippen LogP contribution >= 0.6 is 0 Å². The summed E-state index contributed by atoms with van der Waals surface area (Å²) in [5, 5.41) is 0. The van der Waals surface area contributed by atoms with Gasteiger partial charge in [0.1, 0.15) is 13.2 Å². The third-order valence-corrected chi connectivity index (χ3v) is 6.41. The van der Waals surface area contributed by atoms with Crippen molar-refractivity contribution in [2.45, 2.75) is 71.1 Å². The number of esters is 1. The molecule has 0 N–H and O–H groups in total. The van der Waals surface area contributed by atoms with Crippen molar-refractivity contribution < 1.29 is 56.9 Å². The lowest BCUT2D eigenvalue weighted by Gasteiger charge is -2.09. The van der Waals surface area contributed by atoms with E-state index >= 15 is 0 Å². The second kappa shape index (κ2) is 41.7. The standard InChI is InChI=1S/C34H66O12/c1-3-5-6-7-8-9-10-11-12-13-34(35)46-33-32-45-31-30-44-29-28-43-27-26-42-25-24-41-23-22-40-21-20-39-19-18-38-17-16-37-15-14-36-4-2/h4H,2-3,5-33H2,1H3. The van der Waals surface area contributed by atoms with Gasteiger partial charge in [-0.1, -0.05) is 64.9 Å². The average molecular weight is 667 g/mol.